The zero-order valence-corrected chi connectivity index (χ0v) is 8.38. The number of nitrogens with one attached hydrogen (secondary N) is 3. The molecule has 0 unspecified atom stereocenters. The van der Waals surface area contributed by atoms with E-state index in [-0.39, 0.29) is 11.5 Å². The van der Waals surface area contributed by atoms with E-state index < -0.39 is 22.9 Å². The van der Waals surface area contributed by atoms with Crippen LogP contribution in [0, 0.1) is 11.6 Å². The summed E-state index contributed by atoms with van der Waals surface area (Å²) in [6, 6.07) is 3.83. The lowest BCUT2D eigenvalue weighted by Crippen LogP contribution is -2.22. The van der Waals surface area contributed by atoms with Crippen molar-refractivity contribution < 1.29 is 8.78 Å². The van der Waals surface area contributed by atoms with Crippen LogP contribution in [0.1, 0.15) is 0 Å². The largest absolute Gasteiger partial charge is 0.341 e. The monoisotopic (exact) mass is 239 g/mol. The third kappa shape index (κ3) is 2.77. The van der Waals surface area contributed by atoms with Gasteiger partial charge >= 0.3 is 5.69 Å². The van der Waals surface area contributed by atoms with E-state index in [1.54, 1.807) is 0 Å². The van der Waals surface area contributed by atoms with Crippen molar-refractivity contribution in [2.24, 2.45) is 0 Å². The van der Waals surface area contributed by atoms with Gasteiger partial charge in [-0.1, -0.05) is 0 Å². The van der Waals surface area contributed by atoms with E-state index >= 15 is 0 Å². The molecule has 3 N–H and O–H groups in total. The molecule has 17 heavy (non-hydrogen) atoms. The highest BCUT2D eigenvalue weighted by molar-refractivity contribution is 5.55. The number of benzene rings is 1. The molecule has 1 aromatic carbocycles. The summed E-state index contributed by atoms with van der Waals surface area (Å²) in [7, 11) is 0. The maximum Gasteiger partial charge on any atom is 0.327 e. The molecule has 0 amide bonds. The molecule has 0 spiro atoms. The van der Waals surface area contributed by atoms with Crippen molar-refractivity contribution >= 4 is 11.5 Å². The molecule has 5 nitrogen and oxygen atoms in total. The minimum absolute atomic E-state index is 0.0451. The minimum atomic E-state index is -0.764. The van der Waals surface area contributed by atoms with Crippen molar-refractivity contribution in [2.45, 2.75) is 0 Å². The fourth-order valence-corrected chi connectivity index (χ4v) is 1.32. The van der Waals surface area contributed by atoms with Crippen LogP contribution in [0.4, 0.5) is 20.3 Å². The lowest BCUT2D eigenvalue weighted by molar-refractivity contribution is 0.584. The zero-order valence-electron chi connectivity index (χ0n) is 8.38. The summed E-state index contributed by atoms with van der Waals surface area (Å²) in [6.45, 7) is 0. The Morgan fingerprint density at radius 2 is 1.59 bits per heavy atom. The molecule has 0 aliphatic heterocycles. The quantitative estimate of drug-likeness (QED) is 0.733. The number of rotatable bonds is 2. The van der Waals surface area contributed by atoms with Crippen LogP contribution in [-0.2, 0) is 0 Å². The first-order valence-electron chi connectivity index (χ1n) is 4.60. The van der Waals surface area contributed by atoms with Gasteiger partial charge in [0.25, 0.3) is 5.56 Å². The molecule has 0 saturated heterocycles. The van der Waals surface area contributed by atoms with E-state index in [1.807, 2.05) is 4.98 Å². The fraction of sp³-hybridized carbons (Fsp3) is 0. The van der Waals surface area contributed by atoms with Gasteiger partial charge in [-0.25, -0.2) is 13.6 Å². The molecule has 1 aromatic heterocycles. The lowest BCUT2D eigenvalue weighted by atomic mass is 10.3. The van der Waals surface area contributed by atoms with Crippen molar-refractivity contribution in [3.05, 3.63) is 56.7 Å². The van der Waals surface area contributed by atoms with E-state index in [9.17, 15) is 18.4 Å². The Bertz CT molecular complexity index is 615. The van der Waals surface area contributed by atoms with Crippen molar-refractivity contribution in [3.63, 3.8) is 0 Å². The van der Waals surface area contributed by atoms with Crippen LogP contribution in [0.3, 0.4) is 0 Å². The topological polar surface area (TPSA) is 77.8 Å². The summed E-state index contributed by atoms with van der Waals surface area (Å²) < 4.78 is 25.7. The Morgan fingerprint density at radius 1 is 0.941 bits per heavy atom. The highest BCUT2D eigenvalue weighted by Gasteiger charge is 2.02. The van der Waals surface area contributed by atoms with Gasteiger partial charge in [-0.3, -0.25) is 14.8 Å². The second kappa shape index (κ2) is 4.20. The third-order valence-corrected chi connectivity index (χ3v) is 1.90. The molecule has 0 bridgehead atoms. The first-order valence-corrected chi connectivity index (χ1v) is 4.60. The highest BCUT2D eigenvalue weighted by Crippen LogP contribution is 2.15. The molecule has 0 radical (unpaired) electrons. The number of H-pyrrole nitrogens is 2. The number of anilines is 2. The van der Waals surface area contributed by atoms with Gasteiger partial charge in [0, 0.05) is 17.8 Å². The van der Waals surface area contributed by atoms with E-state index in [0.29, 0.717) is 6.07 Å². The van der Waals surface area contributed by atoms with Crippen LogP contribution >= 0.6 is 0 Å². The molecule has 7 heteroatoms. The van der Waals surface area contributed by atoms with Gasteiger partial charge < -0.3 is 5.32 Å². The number of aromatic nitrogens is 2. The molecule has 0 saturated carbocycles. The number of hydrogen-bond acceptors (Lipinski definition) is 3. The molecule has 88 valence electrons. The standard InChI is InChI=1S/C10H7F2N3O2/c11-5-1-6(12)3-7(2-5)13-8-4-9(16)15-10(17)14-8/h1-4H,(H3,13,14,15,16,17). The molecule has 0 aliphatic rings. The van der Waals surface area contributed by atoms with Gasteiger partial charge in [-0.15, -0.1) is 0 Å². The van der Waals surface area contributed by atoms with Crippen LogP contribution < -0.4 is 16.6 Å². The number of hydrogen-bond donors (Lipinski definition) is 3. The predicted molar refractivity (Wildman–Crippen MR) is 57.3 cm³/mol. The van der Waals surface area contributed by atoms with Crippen molar-refractivity contribution in [1.82, 2.24) is 9.97 Å². The molecule has 2 rings (SSSR count). The van der Waals surface area contributed by atoms with Crippen molar-refractivity contribution in [3.8, 4) is 0 Å². The Morgan fingerprint density at radius 3 is 2.18 bits per heavy atom. The first-order chi connectivity index (χ1) is 8.02. The van der Waals surface area contributed by atoms with E-state index in [2.05, 4.69) is 10.3 Å². The molecule has 1 heterocycles. The maximum absolute atomic E-state index is 12.9. The van der Waals surface area contributed by atoms with Crippen LogP contribution in [0.2, 0.25) is 0 Å². The fourth-order valence-electron chi connectivity index (χ4n) is 1.32. The van der Waals surface area contributed by atoms with Gasteiger partial charge in [0.2, 0.25) is 0 Å². The second-order valence-electron chi connectivity index (χ2n) is 3.28. The van der Waals surface area contributed by atoms with Gasteiger partial charge in [0.05, 0.1) is 0 Å². The van der Waals surface area contributed by atoms with Crippen LogP contribution in [0.25, 0.3) is 0 Å². The van der Waals surface area contributed by atoms with Crippen molar-refractivity contribution in [1.29, 1.82) is 0 Å². The van der Waals surface area contributed by atoms with Crippen LogP contribution in [0.5, 0.6) is 0 Å². The summed E-state index contributed by atoms with van der Waals surface area (Å²) in [5, 5.41) is 2.51. The Hall–Kier alpha value is -2.44. The van der Waals surface area contributed by atoms with E-state index in [0.717, 1.165) is 18.2 Å². The zero-order chi connectivity index (χ0) is 12.4. The number of aromatic amines is 2. The minimum Gasteiger partial charge on any atom is -0.341 e. The summed E-state index contributed by atoms with van der Waals surface area (Å²) in [5.41, 5.74) is -1.24. The van der Waals surface area contributed by atoms with Gasteiger partial charge in [0.15, 0.2) is 0 Å². The Kier molecular flexibility index (Phi) is 2.73. The highest BCUT2D eigenvalue weighted by atomic mass is 19.1. The van der Waals surface area contributed by atoms with Gasteiger partial charge in [-0.2, -0.15) is 0 Å². The lowest BCUT2D eigenvalue weighted by Gasteiger charge is -2.05. The summed E-state index contributed by atoms with van der Waals surface area (Å²) in [4.78, 5) is 26.1. The van der Waals surface area contributed by atoms with Crippen LogP contribution in [-0.4, -0.2) is 9.97 Å². The third-order valence-electron chi connectivity index (χ3n) is 1.90. The smallest absolute Gasteiger partial charge is 0.327 e. The maximum atomic E-state index is 12.9. The SMILES string of the molecule is O=c1cc(Nc2cc(F)cc(F)c2)[nH]c(=O)[nH]1. The van der Waals surface area contributed by atoms with Gasteiger partial charge in [0.1, 0.15) is 17.5 Å². The molecular formula is C10H7F2N3O2. The predicted octanol–water partition coefficient (Wildman–Crippen LogP) is 1.08. The summed E-state index contributed by atoms with van der Waals surface area (Å²) >= 11 is 0. The molecule has 0 atom stereocenters. The van der Waals surface area contributed by atoms with E-state index in [1.165, 1.54) is 0 Å². The molecule has 2 aromatic rings. The number of halogens is 2. The summed E-state index contributed by atoms with van der Waals surface area (Å²) in [5.74, 6) is -1.48. The molecule has 0 aliphatic carbocycles. The van der Waals surface area contributed by atoms with Gasteiger partial charge in [-0.05, 0) is 12.1 Å². The molecular weight excluding hydrogens is 232 g/mol. The Balaban J connectivity index is 2.37. The normalized spacial score (nSPS) is 10.2. The average molecular weight is 239 g/mol. The molecule has 0 fully saturated rings. The Labute approximate surface area is 93.1 Å². The second-order valence-corrected chi connectivity index (χ2v) is 3.28. The first kappa shape index (κ1) is 11.1. The average Bonchev–Trinajstić information content (AvgIpc) is 2.13. The summed E-state index contributed by atoms with van der Waals surface area (Å²) in [6.07, 6.45) is 0. The van der Waals surface area contributed by atoms with E-state index in [4.69, 9.17) is 0 Å². The van der Waals surface area contributed by atoms with Crippen LogP contribution in [0.15, 0.2) is 33.9 Å². The van der Waals surface area contributed by atoms with Crippen molar-refractivity contribution in [2.75, 3.05) is 5.32 Å².